The summed E-state index contributed by atoms with van der Waals surface area (Å²) in [6.45, 7) is 0. The lowest BCUT2D eigenvalue weighted by molar-refractivity contribution is 0.102. The van der Waals surface area contributed by atoms with Crippen molar-refractivity contribution in [3.8, 4) is 0 Å². The average Bonchev–Trinajstić information content (AvgIpc) is 2.70. The second-order valence-corrected chi connectivity index (χ2v) is 4.50. The lowest BCUT2D eigenvalue weighted by Gasteiger charge is -2.04. The van der Waals surface area contributed by atoms with Crippen molar-refractivity contribution in [3.05, 3.63) is 28.2 Å². The Balaban J connectivity index is 2.21. The summed E-state index contributed by atoms with van der Waals surface area (Å²) in [6.07, 6.45) is 0. The molecule has 0 saturated carbocycles. The van der Waals surface area contributed by atoms with E-state index in [0.29, 0.717) is 16.4 Å². The third-order valence-corrected chi connectivity index (χ3v) is 2.78. The Morgan fingerprint density at radius 2 is 2.31 bits per heavy atom. The molecular formula is C8H6BrN5OS. The maximum absolute atomic E-state index is 11.7. The molecule has 82 valence electrons. The number of carbonyl (C=O) groups is 1. The summed E-state index contributed by atoms with van der Waals surface area (Å²) in [6, 6.07) is 5.03. The molecule has 0 aliphatic carbocycles. The van der Waals surface area contributed by atoms with Crippen LogP contribution in [0.4, 0.5) is 10.8 Å². The number of benzene rings is 1. The zero-order chi connectivity index (χ0) is 11.5. The van der Waals surface area contributed by atoms with Gasteiger partial charge in [-0.2, -0.15) is 0 Å². The van der Waals surface area contributed by atoms with Crippen LogP contribution in [0.1, 0.15) is 10.4 Å². The molecule has 0 fully saturated rings. The molecule has 2 aromatic rings. The SMILES string of the molecule is Nc1cc(Br)ccc1C(=O)Nc1nnns1. The van der Waals surface area contributed by atoms with Gasteiger partial charge in [-0.1, -0.05) is 25.5 Å². The highest BCUT2D eigenvalue weighted by atomic mass is 79.9. The number of halogens is 1. The number of rotatable bonds is 2. The first-order valence-electron chi connectivity index (χ1n) is 4.18. The number of nitrogen functional groups attached to an aromatic ring is 1. The first-order valence-corrected chi connectivity index (χ1v) is 5.75. The fourth-order valence-corrected chi connectivity index (χ4v) is 1.83. The lowest BCUT2D eigenvalue weighted by Crippen LogP contribution is -2.13. The van der Waals surface area contributed by atoms with Crippen LogP contribution >= 0.6 is 27.5 Å². The molecule has 0 spiro atoms. The Labute approximate surface area is 103 Å². The maximum atomic E-state index is 11.7. The quantitative estimate of drug-likeness (QED) is 0.820. The lowest BCUT2D eigenvalue weighted by atomic mass is 10.2. The number of nitrogens with two attached hydrogens (primary N) is 1. The molecule has 1 aromatic carbocycles. The van der Waals surface area contributed by atoms with E-state index in [1.807, 2.05) is 0 Å². The smallest absolute Gasteiger partial charge is 0.259 e. The van der Waals surface area contributed by atoms with Gasteiger partial charge >= 0.3 is 0 Å². The van der Waals surface area contributed by atoms with E-state index in [2.05, 4.69) is 36.0 Å². The number of hydrogen-bond donors (Lipinski definition) is 2. The average molecular weight is 300 g/mol. The molecule has 0 aliphatic heterocycles. The number of nitrogens with one attached hydrogen (secondary N) is 1. The standard InChI is InChI=1S/C8H6BrN5OS/c9-4-1-2-5(6(10)3-4)7(15)11-8-12-13-14-16-8/h1-3H,10H2,(H,11,12,14,15). The molecule has 0 unspecified atom stereocenters. The van der Waals surface area contributed by atoms with Crippen LogP contribution in [0, 0.1) is 0 Å². The van der Waals surface area contributed by atoms with Crippen LogP contribution in [0.25, 0.3) is 0 Å². The molecule has 16 heavy (non-hydrogen) atoms. The van der Waals surface area contributed by atoms with Gasteiger partial charge in [0.25, 0.3) is 5.91 Å². The number of aromatic nitrogens is 3. The van der Waals surface area contributed by atoms with Crippen molar-refractivity contribution in [2.75, 3.05) is 11.1 Å². The van der Waals surface area contributed by atoms with Gasteiger partial charge in [0.2, 0.25) is 5.13 Å². The van der Waals surface area contributed by atoms with Gasteiger partial charge in [0, 0.05) is 21.7 Å². The van der Waals surface area contributed by atoms with Gasteiger partial charge in [-0.25, -0.2) is 0 Å². The zero-order valence-corrected chi connectivity index (χ0v) is 10.2. The van der Waals surface area contributed by atoms with Gasteiger partial charge in [-0.15, -0.1) is 0 Å². The highest BCUT2D eigenvalue weighted by Crippen LogP contribution is 2.19. The van der Waals surface area contributed by atoms with Gasteiger partial charge in [0.05, 0.1) is 5.56 Å². The highest BCUT2D eigenvalue weighted by Gasteiger charge is 2.11. The van der Waals surface area contributed by atoms with E-state index < -0.39 is 0 Å². The summed E-state index contributed by atoms with van der Waals surface area (Å²) in [5.41, 5.74) is 6.49. The van der Waals surface area contributed by atoms with Crippen molar-refractivity contribution in [2.45, 2.75) is 0 Å². The minimum atomic E-state index is -0.330. The van der Waals surface area contributed by atoms with Crippen LogP contribution in [0.2, 0.25) is 0 Å². The van der Waals surface area contributed by atoms with Crippen LogP contribution in [-0.4, -0.2) is 20.7 Å². The highest BCUT2D eigenvalue weighted by molar-refractivity contribution is 9.10. The summed E-state index contributed by atoms with van der Waals surface area (Å²) >= 11 is 4.26. The van der Waals surface area contributed by atoms with Crippen LogP contribution in [-0.2, 0) is 0 Å². The predicted molar refractivity (Wildman–Crippen MR) is 64.2 cm³/mol. The number of anilines is 2. The van der Waals surface area contributed by atoms with Crippen molar-refractivity contribution < 1.29 is 4.79 Å². The number of carbonyl (C=O) groups excluding carboxylic acids is 1. The van der Waals surface area contributed by atoms with Crippen molar-refractivity contribution in [3.63, 3.8) is 0 Å². The normalized spacial score (nSPS) is 10.1. The Hall–Kier alpha value is -1.54. The molecule has 3 N–H and O–H groups in total. The molecule has 8 heteroatoms. The van der Waals surface area contributed by atoms with E-state index in [4.69, 9.17) is 5.73 Å². The molecule has 0 radical (unpaired) electrons. The van der Waals surface area contributed by atoms with E-state index in [1.165, 1.54) is 0 Å². The second-order valence-electron chi connectivity index (χ2n) is 2.85. The first kappa shape index (κ1) is 11.0. The molecule has 1 amide bonds. The van der Waals surface area contributed by atoms with Gasteiger partial charge in [-0.3, -0.25) is 10.1 Å². The fourth-order valence-electron chi connectivity index (χ4n) is 1.09. The van der Waals surface area contributed by atoms with Gasteiger partial charge < -0.3 is 5.73 Å². The monoisotopic (exact) mass is 299 g/mol. The topological polar surface area (TPSA) is 93.8 Å². The minimum Gasteiger partial charge on any atom is -0.398 e. The van der Waals surface area contributed by atoms with Crippen LogP contribution in [0.15, 0.2) is 22.7 Å². The third-order valence-electron chi connectivity index (χ3n) is 1.78. The zero-order valence-electron chi connectivity index (χ0n) is 7.85. The summed E-state index contributed by atoms with van der Waals surface area (Å²) in [7, 11) is 0. The van der Waals surface area contributed by atoms with Crippen LogP contribution < -0.4 is 11.1 Å². The third kappa shape index (κ3) is 2.34. The molecule has 0 aliphatic rings. The van der Waals surface area contributed by atoms with E-state index in [9.17, 15) is 4.79 Å². The molecule has 0 bridgehead atoms. The molecule has 6 nitrogen and oxygen atoms in total. The second kappa shape index (κ2) is 4.54. The van der Waals surface area contributed by atoms with Crippen LogP contribution in [0.3, 0.4) is 0 Å². The van der Waals surface area contributed by atoms with Crippen molar-refractivity contribution in [2.24, 2.45) is 0 Å². The van der Waals surface area contributed by atoms with E-state index in [-0.39, 0.29) is 5.91 Å². The van der Waals surface area contributed by atoms with E-state index >= 15 is 0 Å². The Bertz CT molecular complexity index is 515. The molecule has 1 heterocycles. The van der Waals surface area contributed by atoms with E-state index in [1.54, 1.807) is 18.2 Å². The number of amides is 1. The first-order chi connectivity index (χ1) is 7.66. The summed E-state index contributed by atoms with van der Waals surface area (Å²) in [5.74, 6) is -0.330. The summed E-state index contributed by atoms with van der Waals surface area (Å²) in [5, 5.41) is 9.86. The molecular weight excluding hydrogens is 294 g/mol. The Kier molecular flexibility index (Phi) is 3.11. The molecule has 0 saturated heterocycles. The number of nitrogens with zero attached hydrogens (tertiary/aromatic N) is 3. The van der Waals surface area contributed by atoms with Crippen molar-refractivity contribution >= 4 is 44.2 Å². The number of hydrogen-bond acceptors (Lipinski definition) is 6. The summed E-state index contributed by atoms with van der Waals surface area (Å²) < 4.78 is 4.35. The van der Waals surface area contributed by atoms with Gasteiger partial charge in [0.15, 0.2) is 0 Å². The molecule has 0 atom stereocenters. The molecule has 2 rings (SSSR count). The van der Waals surface area contributed by atoms with E-state index in [0.717, 1.165) is 16.0 Å². The van der Waals surface area contributed by atoms with Crippen molar-refractivity contribution in [1.82, 2.24) is 14.8 Å². The predicted octanol–water partition coefficient (Wildman–Crippen LogP) is 1.53. The Morgan fingerprint density at radius 3 is 2.94 bits per heavy atom. The van der Waals surface area contributed by atoms with Gasteiger partial charge in [-0.05, 0) is 23.4 Å². The van der Waals surface area contributed by atoms with Gasteiger partial charge in [0.1, 0.15) is 0 Å². The minimum absolute atomic E-state index is 0.330. The van der Waals surface area contributed by atoms with Crippen LogP contribution in [0.5, 0.6) is 0 Å². The maximum Gasteiger partial charge on any atom is 0.259 e. The molecule has 1 aromatic heterocycles. The Morgan fingerprint density at radius 1 is 1.50 bits per heavy atom. The largest absolute Gasteiger partial charge is 0.398 e. The fraction of sp³-hybridized carbons (Fsp3) is 0. The van der Waals surface area contributed by atoms with Crippen molar-refractivity contribution in [1.29, 1.82) is 0 Å². The summed E-state index contributed by atoms with van der Waals surface area (Å²) in [4.78, 5) is 11.7.